The van der Waals surface area contributed by atoms with Crippen LogP contribution in [0, 0.1) is 25.5 Å². The number of aryl methyl sites for hydroxylation is 3. The molecule has 2 heterocycles. The highest BCUT2D eigenvalue weighted by molar-refractivity contribution is 5.75. The zero-order valence-electron chi connectivity index (χ0n) is 16.7. The fraction of sp³-hybridized carbons (Fsp3) is 0.300. The molecule has 3 aromatic rings. The van der Waals surface area contributed by atoms with E-state index >= 15 is 0 Å². The zero-order valence-corrected chi connectivity index (χ0v) is 16.7. The van der Waals surface area contributed by atoms with E-state index in [2.05, 4.69) is 20.4 Å². The molecule has 0 radical (unpaired) electrons. The van der Waals surface area contributed by atoms with Crippen molar-refractivity contribution < 1.29 is 13.6 Å². The molecule has 1 aromatic carbocycles. The standard InChI is InChI=1S/C20H22F2N6O/c1-12-9-15(10-13(2)23-12)28-18(7-8-19(29)27(3)4)25-20(26-28)24-14-5-6-16(21)17(22)11-14/h5-6,9-11H,7-8H2,1-4H3,(H,24,26). The Kier molecular flexibility index (Phi) is 5.86. The summed E-state index contributed by atoms with van der Waals surface area (Å²) in [4.78, 5) is 22.3. The third-order valence-electron chi connectivity index (χ3n) is 4.22. The van der Waals surface area contributed by atoms with Crippen LogP contribution in [0.15, 0.2) is 30.3 Å². The fourth-order valence-electron chi connectivity index (χ4n) is 2.85. The number of carbonyl (C=O) groups is 1. The molecule has 29 heavy (non-hydrogen) atoms. The van der Waals surface area contributed by atoms with Crippen molar-refractivity contribution in [1.29, 1.82) is 0 Å². The van der Waals surface area contributed by atoms with Crippen molar-refractivity contribution in [3.63, 3.8) is 0 Å². The molecule has 2 aromatic heterocycles. The van der Waals surface area contributed by atoms with E-state index in [1.54, 1.807) is 18.8 Å². The third kappa shape index (κ3) is 4.92. The summed E-state index contributed by atoms with van der Waals surface area (Å²) in [6.45, 7) is 3.76. The van der Waals surface area contributed by atoms with E-state index in [0.29, 0.717) is 17.9 Å². The molecule has 0 fully saturated rings. The van der Waals surface area contributed by atoms with Gasteiger partial charge in [0.05, 0.1) is 5.69 Å². The number of nitrogens with one attached hydrogen (secondary N) is 1. The van der Waals surface area contributed by atoms with Gasteiger partial charge in [-0.25, -0.2) is 13.5 Å². The van der Waals surface area contributed by atoms with Crippen LogP contribution in [0.1, 0.15) is 23.6 Å². The first-order chi connectivity index (χ1) is 13.7. The Labute approximate surface area is 167 Å². The predicted octanol–water partition coefficient (Wildman–Crippen LogP) is 3.32. The maximum absolute atomic E-state index is 13.5. The Morgan fingerprint density at radius 1 is 1.07 bits per heavy atom. The van der Waals surface area contributed by atoms with Crippen molar-refractivity contribution >= 4 is 17.5 Å². The molecule has 0 saturated carbocycles. The van der Waals surface area contributed by atoms with Crippen molar-refractivity contribution in [2.45, 2.75) is 26.7 Å². The lowest BCUT2D eigenvalue weighted by atomic mass is 10.2. The van der Waals surface area contributed by atoms with Crippen molar-refractivity contribution in [2.24, 2.45) is 0 Å². The molecular formula is C20H22F2N6O. The van der Waals surface area contributed by atoms with Crippen LogP contribution in [0.25, 0.3) is 5.69 Å². The van der Waals surface area contributed by atoms with E-state index in [1.165, 1.54) is 11.0 Å². The average Bonchev–Trinajstić information content (AvgIpc) is 3.04. The fourth-order valence-corrected chi connectivity index (χ4v) is 2.85. The number of halogens is 2. The van der Waals surface area contributed by atoms with Gasteiger partial charge in [-0.2, -0.15) is 4.98 Å². The minimum atomic E-state index is -0.966. The Morgan fingerprint density at radius 3 is 2.38 bits per heavy atom. The molecule has 152 valence electrons. The zero-order chi connectivity index (χ0) is 21.1. The van der Waals surface area contributed by atoms with Crippen LogP contribution in [0.4, 0.5) is 20.4 Å². The minimum absolute atomic E-state index is 0.0308. The molecule has 0 aliphatic heterocycles. The van der Waals surface area contributed by atoms with Crippen LogP contribution in [-0.4, -0.2) is 44.7 Å². The number of aromatic nitrogens is 4. The Balaban J connectivity index is 1.95. The van der Waals surface area contributed by atoms with E-state index < -0.39 is 11.6 Å². The predicted molar refractivity (Wildman–Crippen MR) is 105 cm³/mol. The van der Waals surface area contributed by atoms with Gasteiger partial charge in [0, 0.05) is 50.1 Å². The highest BCUT2D eigenvalue weighted by Crippen LogP contribution is 2.20. The molecule has 0 bridgehead atoms. The highest BCUT2D eigenvalue weighted by atomic mass is 19.2. The van der Waals surface area contributed by atoms with Crippen molar-refractivity contribution in [3.05, 3.63) is 59.2 Å². The summed E-state index contributed by atoms with van der Waals surface area (Å²) in [6, 6.07) is 7.18. The number of anilines is 2. The second-order valence-corrected chi connectivity index (χ2v) is 6.91. The number of pyridine rings is 1. The Hall–Kier alpha value is -3.36. The topological polar surface area (TPSA) is 75.9 Å². The van der Waals surface area contributed by atoms with E-state index in [4.69, 9.17) is 0 Å². The van der Waals surface area contributed by atoms with Gasteiger partial charge in [0.2, 0.25) is 11.9 Å². The van der Waals surface area contributed by atoms with E-state index in [1.807, 2.05) is 26.0 Å². The minimum Gasteiger partial charge on any atom is -0.349 e. The van der Waals surface area contributed by atoms with Crippen LogP contribution in [0.2, 0.25) is 0 Å². The van der Waals surface area contributed by atoms with Gasteiger partial charge in [-0.1, -0.05) is 0 Å². The third-order valence-corrected chi connectivity index (χ3v) is 4.22. The van der Waals surface area contributed by atoms with E-state index in [9.17, 15) is 13.6 Å². The first kappa shape index (κ1) is 20.4. The number of rotatable bonds is 6. The molecule has 0 aliphatic rings. The van der Waals surface area contributed by atoms with Crippen molar-refractivity contribution in [3.8, 4) is 5.69 Å². The first-order valence-corrected chi connectivity index (χ1v) is 9.07. The van der Waals surface area contributed by atoms with Gasteiger partial charge in [0.1, 0.15) is 5.82 Å². The molecule has 0 unspecified atom stereocenters. The van der Waals surface area contributed by atoms with Crippen LogP contribution in [-0.2, 0) is 11.2 Å². The van der Waals surface area contributed by atoms with Crippen molar-refractivity contribution in [1.82, 2.24) is 24.6 Å². The molecule has 0 spiro atoms. The number of carbonyl (C=O) groups excluding carboxylic acids is 1. The van der Waals surface area contributed by atoms with Gasteiger partial charge in [-0.05, 0) is 38.1 Å². The maximum Gasteiger partial charge on any atom is 0.247 e. The molecule has 0 aliphatic carbocycles. The molecule has 0 saturated heterocycles. The molecule has 7 nitrogen and oxygen atoms in total. The first-order valence-electron chi connectivity index (χ1n) is 9.07. The van der Waals surface area contributed by atoms with Crippen LogP contribution in [0.5, 0.6) is 0 Å². The SMILES string of the molecule is Cc1cc(-n2nc(Nc3ccc(F)c(F)c3)nc2CCC(=O)N(C)C)cc(C)n1. The summed E-state index contributed by atoms with van der Waals surface area (Å²) >= 11 is 0. The van der Waals surface area contributed by atoms with Crippen molar-refractivity contribution in [2.75, 3.05) is 19.4 Å². The quantitative estimate of drug-likeness (QED) is 0.687. The van der Waals surface area contributed by atoms with E-state index in [0.717, 1.165) is 29.2 Å². The lowest BCUT2D eigenvalue weighted by Gasteiger charge is -2.10. The largest absolute Gasteiger partial charge is 0.349 e. The molecule has 0 atom stereocenters. The summed E-state index contributed by atoms with van der Waals surface area (Å²) in [7, 11) is 3.39. The number of hydrogen-bond donors (Lipinski definition) is 1. The van der Waals surface area contributed by atoms with Crippen LogP contribution < -0.4 is 5.32 Å². The second-order valence-electron chi connectivity index (χ2n) is 6.91. The summed E-state index contributed by atoms with van der Waals surface area (Å²) in [5.74, 6) is -1.14. The number of amides is 1. The normalized spacial score (nSPS) is 10.8. The Bertz CT molecular complexity index is 1030. The molecule has 9 heteroatoms. The number of nitrogens with zero attached hydrogens (tertiary/aromatic N) is 5. The smallest absolute Gasteiger partial charge is 0.247 e. The number of hydrogen-bond acceptors (Lipinski definition) is 5. The maximum atomic E-state index is 13.5. The summed E-state index contributed by atoms with van der Waals surface area (Å²) in [6.07, 6.45) is 0.628. The Morgan fingerprint density at radius 2 is 1.76 bits per heavy atom. The summed E-state index contributed by atoms with van der Waals surface area (Å²) < 4.78 is 28.3. The van der Waals surface area contributed by atoms with Crippen LogP contribution in [0.3, 0.4) is 0 Å². The average molecular weight is 400 g/mol. The van der Waals surface area contributed by atoms with Gasteiger partial charge < -0.3 is 10.2 Å². The molecule has 3 rings (SSSR count). The van der Waals surface area contributed by atoms with E-state index in [-0.39, 0.29) is 18.3 Å². The number of benzene rings is 1. The van der Waals surface area contributed by atoms with Gasteiger partial charge in [-0.3, -0.25) is 9.78 Å². The molecule has 1 amide bonds. The summed E-state index contributed by atoms with van der Waals surface area (Å²) in [5.41, 5.74) is 2.72. The lowest BCUT2D eigenvalue weighted by Crippen LogP contribution is -2.22. The highest BCUT2D eigenvalue weighted by Gasteiger charge is 2.16. The molecule has 1 N–H and O–H groups in total. The van der Waals surface area contributed by atoms with Gasteiger partial charge in [0.15, 0.2) is 11.6 Å². The second kappa shape index (κ2) is 8.34. The molecular weight excluding hydrogens is 378 g/mol. The van der Waals surface area contributed by atoms with Gasteiger partial charge in [0.25, 0.3) is 0 Å². The van der Waals surface area contributed by atoms with Gasteiger partial charge >= 0.3 is 0 Å². The summed E-state index contributed by atoms with van der Waals surface area (Å²) in [5, 5.41) is 7.34. The monoisotopic (exact) mass is 400 g/mol. The van der Waals surface area contributed by atoms with Gasteiger partial charge in [-0.15, -0.1) is 5.10 Å². The lowest BCUT2D eigenvalue weighted by molar-refractivity contribution is -0.128. The van der Waals surface area contributed by atoms with Crippen LogP contribution >= 0.6 is 0 Å².